The van der Waals surface area contributed by atoms with E-state index in [4.69, 9.17) is 0 Å². The highest BCUT2D eigenvalue weighted by atomic mass is 35.5. The van der Waals surface area contributed by atoms with Gasteiger partial charge in [-0.3, -0.25) is 4.79 Å². The van der Waals surface area contributed by atoms with Gasteiger partial charge in [-0.1, -0.05) is 19.2 Å². The molecule has 1 aliphatic heterocycles. The molecule has 2 rings (SSSR count). The van der Waals surface area contributed by atoms with Gasteiger partial charge in [0.05, 0.1) is 7.05 Å². The number of aromatic nitrogens is 2. The van der Waals surface area contributed by atoms with Crippen LogP contribution in [-0.2, 0) is 18.4 Å². The Morgan fingerprint density at radius 3 is 2.56 bits per heavy atom. The fraction of sp³-hybridized carbons (Fsp3) is 0.385. The van der Waals surface area contributed by atoms with Gasteiger partial charge in [-0.05, 0) is 12.6 Å². The third-order valence-electron chi connectivity index (χ3n) is 2.49. The molecule has 0 unspecified atom stereocenters. The van der Waals surface area contributed by atoms with Gasteiger partial charge in [0, 0.05) is 13.0 Å². The van der Waals surface area contributed by atoms with Gasteiger partial charge in [-0.25, -0.2) is 9.13 Å². The van der Waals surface area contributed by atoms with Crippen molar-refractivity contribution < 1.29 is 21.8 Å². The lowest BCUT2D eigenvalue weighted by Gasteiger charge is -2.05. The minimum Gasteiger partial charge on any atom is -1.00 e. The molecule has 0 saturated carbocycles. The normalized spacial score (nSPS) is 13.4. The molecule has 1 aromatic heterocycles. The molecule has 18 heavy (non-hydrogen) atoms. The van der Waals surface area contributed by atoms with Crippen LogP contribution in [0.4, 0.5) is 0 Å². The Morgan fingerprint density at radius 2 is 2.22 bits per heavy atom. The zero-order valence-corrected chi connectivity index (χ0v) is 11.5. The van der Waals surface area contributed by atoms with Crippen LogP contribution < -0.4 is 17.0 Å². The van der Waals surface area contributed by atoms with Crippen molar-refractivity contribution in [1.29, 1.82) is 0 Å². The minimum atomic E-state index is 0. The summed E-state index contributed by atoms with van der Waals surface area (Å²) in [6.45, 7) is 8.89. The Kier molecular flexibility index (Phi) is 7.79. The second-order valence-electron chi connectivity index (χ2n) is 3.94. The summed E-state index contributed by atoms with van der Waals surface area (Å²) in [5, 5.41) is 0. The maximum absolute atomic E-state index is 10.7. The Labute approximate surface area is 115 Å². The fourth-order valence-corrected chi connectivity index (χ4v) is 1.62. The SMILES string of the molecule is C=CCn1cc[n+](C)c1.C=CN1CCCC1=O.[Cl-]. The van der Waals surface area contributed by atoms with Crippen molar-refractivity contribution in [3.8, 4) is 0 Å². The fourth-order valence-electron chi connectivity index (χ4n) is 1.62. The summed E-state index contributed by atoms with van der Waals surface area (Å²) < 4.78 is 4.07. The molecule has 1 aromatic rings. The van der Waals surface area contributed by atoms with E-state index < -0.39 is 0 Å². The number of imidazole rings is 1. The highest BCUT2D eigenvalue weighted by molar-refractivity contribution is 5.78. The number of halogens is 1. The molecule has 5 heteroatoms. The topological polar surface area (TPSA) is 29.1 Å². The zero-order chi connectivity index (χ0) is 12.7. The molecular weight excluding hydrogens is 250 g/mol. The van der Waals surface area contributed by atoms with Crippen LogP contribution >= 0.6 is 0 Å². The molecule has 0 bridgehead atoms. The first-order valence-corrected chi connectivity index (χ1v) is 5.71. The van der Waals surface area contributed by atoms with E-state index in [2.05, 4.69) is 17.7 Å². The molecule has 100 valence electrons. The first-order valence-electron chi connectivity index (χ1n) is 5.71. The van der Waals surface area contributed by atoms with Crippen molar-refractivity contribution in [3.63, 3.8) is 0 Å². The van der Waals surface area contributed by atoms with Gasteiger partial charge in [0.2, 0.25) is 12.2 Å². The second-order valence-corrected chi connectivity index (χ2v) is 3.94. The van der Waals surface area contributed by atoms with Gasteiger partial charge in [0.1, 0.15) is 18.9 Å². The first kappa shape index (κ1) is 16.4. The highest BCUT2D eigenvalue weighted by Crippen LogP contribution is 2.08. The van der Waals surface area contributed by atoms with Crippen LogP contribution in [0.1, 0.15) is 12.8 Å². The summed E-state index contributed by atoms with van der Waals surface area (Å²) in [5.74, 6) is 0.208. The smallest absolute Gasteiger partial charge is 0.243 e. The van der Waals surface area contributed by atoms with Gasteiger partial charge in [-0.2, -0.15) is 0 Å². The summed E-state index contributed by atoms with van der Waals surface area (Å²) in [4.78, 5) is 12.3. The first-order chi connectivity index (χ1) is 8.17. The third kappa shape index (κ3) is 5.19. The molecule has 4 nitrogen and oxygen atoms in total. The maximum Gasteiger partial charge on any atom is 0.243 e. The number of carbonyl (C=O) groups excluding carboxylic acids is 1. The molecule has 0 atom stereocenters. The van der Waals surface area contributed by atoms with Crippen LogP contribution in [0.3, 0.4) is 0 Å². The minimum absolute atomic E-state index is 0. The lowest BCUT2D eigenvalue weighted by atomic mass is 10.4. The number of likely N-dealkylation sites (tertiary alicyclic amines) is 1. The van der Waals surface area contributed by atoms with Crippen LogP contribution in [0.15, 0.2) is 44.2 Å². The quantitative estimate of drug-likeness (QED) is 0.473. The Hall–Kier alpha value is -1.55. The third-order valence-corrected chi connectivity index (χ3v) is 2.49. The number of rotatable bonds is 3. The second kappa shape index (κ2) is 8.53. The predicted molar refractivity (Wildman–Crippen MR) is 66.9 cm³/mol. The largest absolute Gasteiger partial charge is 1.00 e. The number of nitrogens with zero attached hydrogens (tertiary/aromatic N) is 3. The van der Waals surface area contributed by atoms with Crippen molar-refractivity contribution in [3.05, 3.63) is 44.2 Å². The van der Waals surface area contributed by atoms with Crippen LogP contribution in [0.25, 0.3) is 0 Å². The number of amides is 1. The van der Waals surface area contributed by atoms with Gasteiger partial charge in [0.25, 0.3) is 0 Å². The van der Waals surface area contributed by atoms with E-state index in [0.717, 1.165) is 19.5 Å². The zero-order valence-electron chi connectivity index (χ0n) is 10.8. The maximum atomic E-state index is 10.7. The molecule has 1 fully saturated rings. The summed E-state index contributed by atoms with van der Waals surface area (Å²) >= 11 is 0. The summed E-state index contributed by atoms with van der Waals surface area (Å²) in [5.41, 5.74) is 0. The lowest BCUT2D eigenvalue weighted by Crippen LogP contribution is -3.00. The van der Waals surface area contributed by atoms with Gasteiger partial charge in [-0.15, -0.1) is 0 Å². The van der Waals surface area contributed by atoms with Crippen LogP contribution in [0.5, 0.6) is 0 Å². The van der Waals surface area contributed by atoms with E-state index in [1.807, 2.05) is 36.4 Å². The summed E-state index contributed by atoms with van der Waals surface area (Å²) in [6, 6.07) is 0. The predicted octanol–water partition coefficient (Wildman–Crippen LogP) is -1.75. The van der Waals surface area contributed by atoms with Crippen molar-refractivity contribution in [1.82, 2.24) is 9.47 Å². The van der Waals surface area contributed by atoms with Gasteiger partial charge in [0.15, 0.2) is 0 Å². The Morgan fingerprint density at radius 1 is 1.50 bits per heavy atom. The molecule has 0 radical (unpaired) electrons. The van der Waals surface area contributed by atoms with Crippen LogP contribution in [0, 0.1) is 0 Å². The average molecular weight is 270 g/mol. The summed E-state index contributed by atoms with van der Waals surface area (Å²) in [7, 11) is 2.00. The van der Waals surface area contributed by atoms with Crippen molar-refractivity contribution in [2.45, 2.75) is 19.4 Å². The van der Waals surface area contributed by atoms with Crippen molar-refractivity contribution >= 4 is 5.91 Å². The molecule has 0 N–H and O–H groups in total. The summed E-state index contributed by atoms with van der Waals surface area (Å²) in [6.07, 6.45) is 11.2. The van der Waals surface area contributed by atoms with E-state index in [0.29, 0.717) is 6.42 Å². The number of carbonyl (C=O) groups is 1. The van der Waals surface area contributed by atoms with E-state index in [1.54, 1.807) is 11.1 Å². The molecule has 2 heterocycles. The van der Waals surface area contributed by atoms with E-state index in [9.17, 15) is 4.79 Å². The molecule has 0 aliphatic carbocycles. The molecule has 1 saturated heterocycles. The van der Waals surface area contributed by atoms with Crippen LogP contribution in [-0.4, -0.2) is 21.9 Å². The standard InChI is InChI=1S/C7H11N2.C6H9NO.ClH/c1-3-4-9-6-5-8(2)7-9;1-2-7-5-3-4-6(7)8;/h3,5-7H,1,4H2,2H3;2H,1,3-5H2;1H/q+1;;/p-1. The molecular formula is C13H20ClN3O. The van der Waals surface area contributed by atoms with Crippen molar-refractivity contribution in [2.24, 2.45) is 7.05 Å². The van der Waals surface area contributed by atoms with E-state index in [1.165, 1.54) is 0 Å². The Balaban J connectivity index is 0.000000306. The molecule has 0 aromatic carbocycles. The number of allylic oxidation sites excluding steroid dienone is 1. The van der Waals surface area contributed by atoms with Gasteiger partial charge >= 0.3 is 0 Å². The molecule has 1 amide bonds. The monoisotopic (exact) mass is 269 g/mol. The number of hydrogen-bond donors (Lipinski definition) is 0. The lowest BCUT2D eigenvalue weighted by molar-refractivity contribution is -0.671. The number of hydrogen-bond acceptors (Lipinski definition) is 1. The average Bonchev–Trinajstić information content (AvgIpc) is 2.89. The highest BCUT2D eigenvalue weighted by Gasteiger charge is 2.15. The van der Waals surface area contributed by atoms with Crippen molar-refractivity contribution in [2.75, 3.05) is 6.54 Å². The van der Waals surface area contributed by atoms with Gasteiger partial charge < -0.3 is 17.3 Å². The van der Waals surface area contributed by atoms with E-state index >= 15 is 0 Å². The molecule has 1 aliphatic rings. The number of aryl methyl sites for hydroxylation is 1. The van der Waals surface area contributed by atoms with E-state index in [-0.39, 0.29) is 18.3 Å². The molecule has 0 spiro atoms. The Bertz CT molecular complexity index is 401. The van der Waals surface area contributed by atoms with Crippen LogP contribution in [0.2, 0.25) is 0 Å².